The zero-order valence-electron chi connectivity index (χ0n) is 9.46. The lowest BCUT2D eigenvalue weighted by Gasteiger charge is -2.05. The first-order valence-electron chi connectivity index (χ1n) is 5.06. The van der Waals surface area contributed by atoms with Crippen molar-refractivity contribution >= 4 is 48.9 Å². The van der Waals surface area contributed by atoms with Crippen molar-refractivity contribution in [1.29, 1.82) is 0 Å². The molecule has 1 aromatic heterocycles. The van der Waals surface area contributed by atoms with Crippen LogP contribution < -0.4 is 10.5 Å². The van der Waals surface area contributed by atoms with Crippen molar-refractivity contribution in [2.24, 2.45) is 5.14 Å². The molecule has 0 atom stereocenters. The maximum Gasteiger partial charge on any atom is 0.265 e. The Hall–Kier alpha value is -1.22. The van der Waals surface area contributed by atoms with E-state index in [0.29, 0.717) is 10.6 Å². The molecule has 5 nitrogen and oxygen atoms in total. The zero-order chi connectivity index (χ0) is 14.0. The highest BCUT2D eigenvalue weighted by Gasteiger charge is 2.11. The Morgan fingerprint density at radius 3 is 2.58 bits per heavy atom. The van der Waals surface area contributed by atoms with E-state index in [2.05, 4.69) is 21.2 Å². The highest BCUT2D eigenvalue weighted by molar-refractivity contribution is 9.11. The number of halogens is 1. The van der Waals surface area contributed by atoms with Crippen molar-refractivity contribution in [3.8, 4) is 0 Å². The van der Waals surface area contributed by atoms with Crippen LogP contribution in [0.2, 0.25) is 0 Å². The van der Waals surface area contributed by atoms with Crippen LogP contribution in [0.25, 0.3) is 0 Å². The quantitative estimate of drug-likeness (QED) is 0.880. The molecule has 100 valence electrons. The summed E-state index contributed by atoms with van der Waals surface area (Å²) in [4.78, 5) is 12.4. The lowest BCUT2D eigenvalue weighted by Crippen LogP contribution is -2.14. The molecule has 2 aromatic rings. The van der Waals surface area contributed by atoms with Crippen LogP contribution in [0.3, 0.4) is 0 Å². The number of nitrogens with one attached hydrogen (secondary N) is 1. The van der Waals surface area contributed by atoms with E-state index in [1.165, 1.54) is 29.5 Å². The van der Waals surface area contributed by atoms with Gasteiger partial charge in [0.05, 0.1) is 13.6 Å². The Morgan fingerprint density at radius 1 is 1.26 bits per heavy atom. The van der Waals surface area contributed by atoms with Gasteiger partial charge in [0.2, 0.25) is 10.0 Å². The molecule has 2 rings (SSSR count). The molecule has 1 amide bonds. The van der Waals surface area contributed by atoms with Crippen LogP contribution in [0.15, 0.2) is 45.1 Å². The van der Waals surface area contributed by atoms with Gasteiger partial charge in [-0.15, -0.1) is 11.3 Å². The molecule has 8 heteroatoms. The van der Waals surface area contributed by atoms with Gasteiger partial charge in [0.25, 0.3) is 5.91 Å². The maximum absolute atomic E-state index is 11.9. The summed E-state index contributed by atoms with van der Waals surface area (Å²) in [5.41, 5.74) is 0.376. The highest BCUT2D eigenvalue weighted by atomic mass is 79.9. The third-order valence-corrected chi connectivity index (χ3v) is 4.75. The van der Waals surface area contributed by atoms with Gasteiger partial charge < -0.3 is 5.32 Å². The topological polar surface area (TPSA) is 89.3 Å². The SMILES string of the molecule is NS(=O)(=O)c1cccc(NC(=O)c2ccc(Br)s2)c1. The Bertz CT molecular complexity index is 725. The predicted octanol–water partition coefficient (Wildman–Crippen LogP) is 2.41. The number of carbonyl (C=O) groups excluding carboxylic acids is 1. The van der Waals surface area contributed by atoms with Gasteiger partial charge in [-0.25, -0.2) is 13.6 Å². The van der Waals surface area contributed by atoms with E-state index in [1.807, 2.05) is 0 Å². The van der Waals surface area contributed by atoms with E-state index >= 15 is 0 Å². The van der Waals surface area contributed by atoms with Crippen molar-refractivity contribution in [1.82, 2.24) is 0 Å². The summed E-state index contributed by atoms with van der Waals surface area (Å²) in [6.45, 7) is 0. The molecule has 0 unspecified atom stereocenters. The van der Waals surface area contributed by atoms with E-state index in [0.717, 1.165) is 3.79 Å². The van der Waals surface area contributed by atoms with Gasteiger partial charge in [-0.05, 0) is 46.3 Å². The first-order chi connectivity index (χ1) is 8.86. The number of nitrogens with two attached hydrogens (primary N) is 1. The molecule has 0 bridgehead atoms. The molecular weight excluding hydrogens is 352 g/mol. The summed E-state index contributed by atoms with van der Waals surface area (Å²) in [7, 11) is -3.78. The molecule has 0 fully saturated rings. The summed E-state index contributed by atoms with van der Waals surface area (Å²) < 4.78 is 23.3. The predicted molar refractivity (Wildman–Crippen MR) is 77.8 cm³/mol. The van der Waals surface area contributed by atoms with E-state index in [-0.39, 0.29) is 10.8 Å². The highest BCUT2D eigenvalue weighted by Crippen LogP contribution is 2.23. The molecule has 0 aliphatic rings. The van der Waals surface area contributed by atoms with Crippen molar-refractivity contribution in [3.63, 3.8) is 0 Å². The smallest absolute Gasteiger partial charge is 0.265 e. The van der Waals surface area contributed by atoms with Crippen LogP contribution in [-0.2, 0) is 10.0 Å². The number of rotatable bonds is 3. The van der Waals surface area contributed by atoms with Gasteiger partial charge >= 0.3 is 0 Å². The fraction of sp³-hybridized carbons (Fsp3) is 0. The van der Waals surface area contributed by atoms with E-state index < -0.39 is 10.0 Å². The summed E-state index contributed by atoms with van der Waals surface area (Å²) in [6, 6.07) is 9.23. The van der Waals surface area contributed by atoms with E-state index in [4.69, 9.17) is 5.14 Å². The Kier molecular flexibility index (Phi) is 4.04. The number of thiophene rings is 1. The number of carbonyl (C=O) groups is 1. The van der Waals surface area contributed by atoms with Crippen LogP contribution in [0, 0.1) is 0 Å². The van der Waals surface area contributed by atoms with Crippen LogP contribution in [0.1, 0.15) is 9.67 Å². The van der Waals surface area contributed by atoms with Crippen LogP contribution in [-0.4, -0.2) is 14.3 Å². The standard InChI is InChI=1S/C11H9BrN2O3S2/c12-10-5-4-9(18-10)11(15)14-7-2-1-3-8(6-7)19(13,16)17/h1-6H,(H,14,15)(H2,13,16,17). The number of amides is 1. The Morgan fingerprint density at radius 2 is 2.00 bits per heavy atom. The molecule has 0 saturated carbocycles. The number of hydrogen-bond acceptors (Lipinski definition) is 4. The fourth-order valence-electron chi connectivity index (χ4n) is 1.38. The third-order valence-electron chi connectivity index (χ3n) is 2.22. The van der Waals surface area contributed by atoms with E-state index in [1.54, 1.807) is 18.2 Å². The largest absolute Gasteiger partial charge is 0.321 e. The average molecular weight is 361 g/mol. The molecule has 0 spiro atoms. The lowest BCUT2D eigenvalue weighted by atomic mass is 10.3. The summed E-state index contributed by atoms with van der Waals surface area (Å²) in [5.74, 6) is -0.303. The van der Waals surface area contributed by atoms with E-state index in [9.17, 15) is 13.2 Å². The Labute approximate surface area is 122 Å². The van der Waals surface area contributed by atoms with Crippen LogP contribution >= 0.6 is 27.3 Å². The zero-order valence-corrected chi connectivity index (χ0v) is 12.7. The number of hydrogen-bond donors (Lipinski definition) is 2. The number of sulfonamides is 1. The van der Waals surface area contributed by atoms with Crippen LogP contribution in [0.4, 0.5) is 5.69 Å². The maximum atomic E-state index is 11.9. The minimum absolute atomic E-state index is 0.0438. The minimum Gasteiger partial charge on any atom is -0.321 e. The number of anilines is 1. The Balaban J connectivity index is 2.22. The number of primary sulfonamides is 1. The minimum atomic E-state index is -3.78. The average Bonchev–Trinajstić information content (AvgIpc) is 2.75. The molecule has 0 radical (unpaired) electrons. The summed E-state index contributed by atoms with van der Waals surface area (Å²) in [6.07, 6.45) is 0. The molecule has 1 heterocycles. The van der Waals surface area contributed by atoms with Crippen molar-refractivity contribution in [3.05, 3.63) is 45.1 Å². The number of benzene rings is 1. The van der Waals surface area contributed by atoms with Crippen molar-refractivity contribution < 1.29 is 13.2 Å². The molecular formula is C11H9BrN2O3S2. The first kappa shape index (κ1) is 14.2. The monoisotopic (exact) mass is 360 g/mol. The van der Waals surface area contributed by atoms with Gasteiger partial charge in [0, 0.05) is 5.69 Å². The molecule has 3 N–H and O–H groups in total. The molecule has 0 saturated heterocycles. The van der Waals surface area contributed by atoms with Gasteiger partial charge in [0.1, 0.15) is 0 Å². The van der Waals surface area contributed by atoms with Crippen molar-refractivity contribution in [2.75, 3.05) is 5.32 Å². The molecule has 1 aromatic carbocycles. The lowest BCUT2D eigenvalue weighted by molar-refractivity contribution is 0.103. The third kappa shape index (κ3) is 3.63. The first-order valence-corrected chi connectivity index (χ1v) is 8.21. The molecule has 0 aliphatic heterocycles. The molecule has 0 aliphatic carbocycles. The van der Waals surface area contributed by atoms with Gasteiger partial charge in [-0.3, -0.25) is 4.79 Å². The normalized spacial score (nSPS) is 11.3. The fourth-order valence-corrected chi connectivity index (χ4v) is 3.22. The second-order valence-corrected chi connectivity index (χ2v) is 7.66. The molecule has 19 heavy (non-hydrogen) atoms. The summed E-state index contributed by atoms with van der Waals surface area (Å²) >= 11 is 4.55. The van der Waals surface area contributed by atoms with Gasteiger partial charge in [0.15, 0.2) is 0 Å². The second kappa shape index (κ2) is 5.41. The van der Waals surface area contributed by atoms with Crippen molar-refractivity contribution in [2.45, 2.75) is 4.90 Å². The second-order valence-electron chi connectivity index (χ2n) is 3.63. The van der Waals surface area contributed by atoms with Crippen LogP contribution in [0.5, 0.6) is 0 Å². The van der Waals surface area contributed by atoms with Gasteiger partial charge in [-0.1, -0.05) is 6.07 Å². The summed E-state index contributed by atoms with van der Waals surface area (Å²) in [5, 5.41) is 7.64. The van der Waals surface area contributed by atoms with Gasteiger partial charge in [-0.2, -0.15) is 0 Å².